The van der Waals surface area contributed by atoms with Crippen molar-refractivity contribution in [3.05, 3.63) is 39.2 Å². The normalized spacial score (nSPS) is 21.3. The molecule has 1 N–H and O–H groups in total. The maximum atomic E-state index is 10.7. The molecule has 7 heteroatoms. The monoisotopic (exact) mass is 387 g/mol. The molecule has 2 aliphatic rings. The second kappa shape index (κ2) is 6.88. The van der Waals surface area contributed by atoms with Crippen LogP contribution in [-0.2, 0) is 17.6 Å². The van der Waals surface area contributed by atoms with E-state index in [9.17, 15) is 5.11 Å². The van der Waals surface area contributed by atoms with Crippen molar-refractivity contribution in [3.8, 4) is 0 Å². The average molecular weight is 388 g/mol. The molecule has 0 spiro atoms. The lowest BCUT2D eigenvalue weighted by molar-refractivity contribution is 0.0686. The first-order valence-corrected chi connectivity index (χ1v) is 10.8. The number of nitrogens with zero attached hydrogens (tertiary/aromatic N) is 3. The molecule has 0 saturated carbocycles. The summed E-state index contributed by atoms with van der Waals surface area (Å²) < 4.78 is 5.75. The molecule has 1 fully saturated rings. The quantitative estimate of drug-likeness (QED) is 0.742. The van der Waals surface area contributed by atoms with Crippen LogP contribution in [0, 0.1) is 0 Å². The molecule has 136 valence electrons. The fraction of sp³-hybridized carbons (Fsp3) is 0.474. The van der Waals surface area contributed by atoms with Crippen molar-refractivity contribution in [2.75, 3.05) is 24.7 Å². The van der Waals surface area contributed by atoms with Crippen LogP contribution in [0.1, 0.15) is 34.3 Å². The van der Waals surface area contributed by atoms with Crippen molar-refractivity contribution in [1.82, 2.24) is 9.97 Å². The van der Waals surface area contributed by atoms with E-state index in [1.54, 1.807) is 17.7 Å². The van der Waals surface area contributed by atoms with Gasteiger partial charge in [-0.2, -0.15) is 0 Å². The lowest BCUT2D eigenvalue weighted by Gasteiger charge is -2.37. The molecule has 1 saturated heterocycles. The topological polar surface area (TPSA) is 58.5 Å². The Hall–Kier alpha value is -1.54. The summed E-state index contributed by atoms with van der Waals surface area (Å²) >= 11 is 3.42. The van der Waals surface area contributed by atoms with Crippen molar-refractivity contribution in [2.45, 2.75) is 37.8 Å². The summed E-state index contributed by atoms with van der Waals surface area (Å²) in [6, 6.07) is 4.11. The van der Waals surface area contributed by atoms with Gasteiger partial charge in [0.15, 0.2) is 0 Å². The predicted molar refractivity (Wildman–Crippen MR) is 105 cm³/mol. The highest BCUT2D eigenvalue weighted by atomic mass is 32.1. The minimum atomic E-state index is -0.463. The summed E-state index contributed by atoms with van der Waals surface area (Å²) in [5.41, 5.74) is 1.45. The van der Waals surface area contributed by atoms with Crippen LogP contribution in [0.5, 0.6) is 0 Å². The van der Waals surface area contributed by atoms with E-state index in [-0.39, 0.29) is 6.04 Å². The molecule has 3 aromatic heterocycles. The summed E-state index contributed by atoms with van der Waals surface area (Å²) in [6.07, 6.45) is 5.40. The molecule has 0 radical (unpaired) electrons. The van der Waals surface area contributed by atoms with Gasteiger partial charge >= 0.3 is 0 Å². The molecule has 2 atom stereocenters. The van der Waals surface area contributed by atoms with E-state index in [0.717, 1.165) is 28.5 Å². The van der Waals surface area contributed by atoms with E-state index in [1.165, 1.54) is 28.7 Å². The van der Waals surface area contributed by atoms with E-state index in [0.29, 0.717) is 19.6 Å². The molecule has 4 heterocycles. The number of ether oxygens (including phenoxy) is 1. The van der Waals surface area contributed by atoms with Crippen LogP contribution < -0.4 is 4.90 Å². The average Bonchev–Trinajstić information content (AvgIpc) is 3.39. The number of anilines is 1. The second-order valence-corrected chi connectivity index (χ2v) is 8.99. The van der Waals surface area contributed by atoms with Crippen LogP contribution in [0.3, 0.4) is 0 Å². The maximum absolute atomic E-state index is 10.7. The van der Waals surface area contributed by atoms with Crippen LogP contribution >= 0.6 is 22.7 Å². The zero-order chi connectivity index (χ0) is 17.5. The van der Waals surface area contributed by atoms with Crippen molar-refractivity contribution < 1.29 is 9.84 Å². The summed E-state index contributed by atoms with van der Waals surface area (Å²) in [6.45, 7) is 2.13. The van der Waals surface area contributed by atoms with Gasteiger partial charge in [-0.05, 0) is 36.3 Å². The highest BCUT2D eigenvalue weighted by Gasteiger charge is 2.31. The van der Waals surface area contributed by atoms with Gasteiger partial charge in [0.2, 0.25) is 0 Å². The zero-order valence-electron chi connectivity index (χ0n) is 14.4. The Bertz CT molecular complexity index is 909. The van der Waals surface area contributed by atoms with Gasteiger partial charge in [-0.25, -0.2) is 9.97 Å². The summed E-state index contributed by atoms with van der Waals surface area (Å²) in [7, 11) is 0. The van der Waals surface area contributed by atoms with Gasteiger partial charge in [-0.1, -0.05) is 6.07 Å². The van der Waals surface area contributed by atoms with Gasteiger partial charge in [-0.15, -0.1) is 22.7 Å². The van der Waals surface area contributed by atoms with Crippen LogP contribution in [0.4, 0.5) is 5.82 Å². The van der Waals surface area contributed by atoms with Gasteiger partial charge in [0.25, 0.3) is 0 Å². The number of morpholine rings is 1. The Morgan fingerprint density at radius 3 is 3.19 bits per heavy atom. The Labute approximate surface area is 160 Å². The number of aryl methyl sites for hydroxylation is 2. The Morgan fingerprint density at radius 2 is 2.31 bits per heavy atom. The van der Waals surface area contributed by atoms with Crippen molar-refractivity contribution in [2.24, 2.45) is 0 Å². The van der Waals surface area contributed by atoms with Crippen molar-refractivity contribution in [1.29, 1.82) is 0 Å². The van der Waals surface area contributed by atoms with Gasteiger partial charge in [-0.3, -0.25) is 0 Å². The summed E-state index contributed by atoms with van der Waals surface area (Å²) in [5, 5.41) is 13.9. The third kappa shape index (κ3) is 2.83. The first kappa shape index (κ1) is 16.6. The van der Waals surface area contributed by atoms with E-state index in [4.69, 9.17) is 4.74 Å². The smallest absolute Gasteiger partial charge is 0.141 e. The SMILES string of the molecule is OC(CC1COCCN1c1ncnc2sc3c(c12)CCC3)c1cccs1. The molecule has 5 rings (SSSR count). The Morgan fingerprint density at radius 1 is 1.35 bits per heavy atom. The van der Waals surface area contributed by atoms with Gasteiger partial charge in [0, 0.05) is 22.7 Å². The predicted octanol–water partition coefficient (Wildman–Crippen LogP) is 3.57. The number of aliphatic hydroxyl groups is 1. The van der Waals surface area contributed by atoms with Gasteiger partial charge in [0.1, 0.15) is 17.0 Å². The summed E-state index contributed by atoms with van der Waals surface area (Å²) in [5.74, 6) is 1.03. The molecule has 0 aromatic carbocycles. The first-order valence-electron chi connectivity index (χ1n) is 9.12. The third-order valence-corrected chi connectivity index (χ3v) is 7.52. The summed E-state index contributed by atoms with van der Waals surface area (Å²) in [4.78, 5) is 15.2. The molecule has 0 bridgehead atoms. The molecule has 2 unspecified atom stereocenters. The fourth-order valence-corrected chi connectivity index (χ4v) is 6.06. The molecule has 3 aromatic rings. The van der Waals surface area contributed by atoms with Gasteiger partial charge in [0.05, 0.1) is 30.7 Å². The fourth-order valence-electron chi connectivity index (χ4n) is 4.11. The Balaban J connectivity index is 1.50. The minimum absolute atomic E-state index is 0.121. The minimum Gasteiger partial charge on any atom is -0.387 e. The largest absolute Gasteiger partial charge is 0.387 e. The molecule has 1 aliphatic heterocycles. The third-order valence-electron chi connectivity index (χ3n) is 5.35. The van der Waals surface area contributed by atoms with Crippen LogP contribution in [-0.4, -0.2) is 40.9 Å². The molecule has 1 aliphatic carbocycles. The standard InChI is InChI=1S/C19H21N3O2S2/c23-14(16-5-2-8-25-16)9-12-10-24-7-6-22(12)18-17-13-3-1-4-15(13)26-19(17)21-11-20-18/h2,5,8,11-12,14,23H,1,3-4,6-7,9-10H2. The second-order valence-electron chi connectivity index (χ2n) is 6.92. The van der Waals surface area contributed by atoms with Crippen LogP contribution in [0.25, 0.3) is 10.2 Å². The van der Waals surface area contributed by atoms with Crippen molar-refractivity contribution in [3.63, 3.8) is 0 Å². The lowest BCUT2D eigenvalue weighted by Crippen LogP contribution is -2.46. The molecule has 0 amide bonds. The first-order chi connectivity index (χ1) is 12.8. The molecular formula is C19H21N3O2S2. The van der Waals surface area contributed by atoms with E-state index < -0.39 is 6.10 Å². The van der Waals surface area contributed by atoms with E-state index in [2.05, 4.69) is 14.9 Å². The number of hydrogen-bond donors (Lipinski definition) is 1. The Kier molecular flexibility index (Phi) is 4.40. The highest BCUT2D eigenvalue weighted by Crippen LogP contribution is 2.41. The molecular weight excluding hydrogens is 366 g/mol. The number of rotatable bonds is 4. The van der Waals surface area contributed by atoms with E-state index in [1.807, 2.05) is 28.8 Å². The van der Waals surface area contributed by atoms with Gasteiger partial charge < -0.3 is 14.7 Å². The number of aliphatic hydroxyl groups excluding tert-OH is 1. The lowest BCUT2D eigenvalue weighted by atomic mass is 10.0. The maximum Gasteiger partial charge on any atom is 0.141 e. The zero-order valence-corrected chi connectivity index (χ0v) is 16.1. The van der Waals surface area contributed by atoms with Crippen LogP contribution in [0.15, 0.2) is 23.8 Å². The van der Waals surface area contributed by atoms with E-state index >= 15 is 0 Å². The highest BCUT2D eigenvalue weighted by molar-refractivity contribution is 7.19. The number of thiophene rings is 2. The molecule has 26 heavy (non-hydrogen) atoms. The number of hydrogen-bond acceptors (Lipinski definition) is 7. The number of aromatic nitrogens is 2. The van der Waals surface area contributed by atoms with Crippen molar-refractivity contribution >= 4 is 38.7 Å². The molecule has 5 nitrogen and oxygen atoms in total. The number of fused-ring (bicyclic) bond motifs is 3. The van der Waals surface area contributed by atoms with Crippen LogP contribution in [0.2, 0.25) is 0 Å².